The zero-order chi connectivity index (χ0) is 16.9. The van der Waals surface area contributed by atoms with Crippen molar-refractivity contribution in [2.24, 2.45) is 0 Å². The summed E-state index contributed by atoms with van der Waals surface area (Å²) in [5.41, 5.74) is 2.31. The van der Waals surface area contributed by atoms with Crippen molar-refractivity contribution in [2.45, 2.75) is 0 Å². The fraction of sp³-hybridized carbons (Fsp3) is 0. The van der Waals surface area contributed by atoms with E-state index in [9.17, 15) is 13.4 Å². The van der Waals surface area contributed by atoms with E-state index in [-0.39, 0.29) is 11.5 Å². The molecule has 0 radical (unpaired) electrons. The molecule has 1 aliphatic heterocycles. The minimum absolute atomic E-state index is 0.167. The zero-order valence-electron chi connectivity index (χ0n) is 12.8. The molecule has 1 aliphatic rings. The van der Waals surface area contributed by atoms with E-state index < -0.39 is 7.40 Å². The van der Waals surface area contributed by atoms with Gasteiger partial charge in [0.25, 0.3) is 0 Å². The molecular formula is C19H14BF2NO. The van der Waals surface area contributed by atoms with Crippen LogP contribution in [0.15, 0.2) is 90.8 Å². The predicted molar refractivity (Wildman–Crippen MR) is 92.2 cm³/mol. The second-order valence-electron chi connectivity index (χ2n) is 5.27. The molecule has 5 heteroatoms. The van der Waals surface area contributed by atoms with Crippen molar-refractivity contribution in [1.82, 2.24) is 4.81 Å². The summed E-state index contributed by atoms with van der Waals surface area (Å²) in [4.78, 5) is 13.1. The Hall–Kier alpha value is -2.95. The van der Waals surface area contributed by atoms with Crippen LogP contribution in [0.4, 0.5) is 8.63 Å². The summed E-state index contributed by atoms with van der Waals surface area (Å²) in [7, 11) is -2.72. The number of allylic oxidation sites excluding steroid dienone is 4. The van der Waals surface area contributed by atoms with Crippen molar-refractivity contribution >= 4 is 18.8 Å². The molecule has 0 bridgehead atoms. The minimum atomic E-state index is -2.72. The molecule has 0 aliphatic carbocycles. The van der Waals surface area contributed by atoms with Gasteiger partial charge in [0.15, 0.2) is 5.78 Å². The first kappa shape index (κ1) is 15.9. The van der Waals surface area contributed by atoms with Gasteiger partial charge in [-0.25, -0.2) is 0 Å². The molecule has 2 aromatic carbocycles. The maximum absolute atomic E-state index is 13.2. The summed E-state index contributed by atoms with van der Waals surface area (Å²) in [6.07, 6.45) is 5.76. The lowest BCUT2D eigenvalue weighted by molar-refractivity contribution is 0.104. The number of nitrogens with zero attached hydrogens (tertiary/aromatic N) is 1. The first-order valence-electron chi connectivity index (χ1n) is 7.48. The third-order valence-electron chi connectivity index (χ3n) is 3.67. The number of ketones is 1. The summed E-state index contributed by atoms with van der Waals surface area (Å²) in [5, 5.41) is 0. The van der Waals surface area contributed by atoms with E-state index in [4.69, 9.17) is 0 Å². The van der Waals surface area contributed by atoms with Gasteiger partial charge in [0.05, 0.1) is 0 Å². The van der Waals surface area contributed by atoms with E-state index in [1.807, 2.05) is 30.3 Å². The molecule has 0 fully saturated rings. The molecule has 0 atom stereocenters. The predicted octanol–water partition coefficient (Wildman–Crippen LogP) is 4.59. The first-order chi connectivity index (χ1) is 11.6. The number of halogens is 2. The molecule has 0 aromatic heterocycles. The number of carbonyl (C=O) groups is 1. The lowest BCUT2D eigenvalue weighted by Gasteiger charge is -2.23. The number of hydrogen-bond acceptors (Lipinski definition) is 2. The molecule has 0 saturated heterocycles. The highest BCUT2D eigenvalue weighted by atomic mass is 19.2. The summed E-state index contributed by atoms with van der Waals surface area (Å²) in [6, 6.07) is 18.0. The number of benzene rings is 2. The van der Waals surface area contributed by atoms with Gasteiger partial charge in [0.1, 0.15) is 0 Å². The van der Waals surface area contributed by atoms with Gasteiger partial charge >= 0.3 is 7.40 Å². The highest BCUT2D eigenvalue weighted by Gasteiger charge is 2.27. The third-order valence-corrected chi connectivity index (χ3v) is 3.67. The van der Waals surface area contributed by atoms with Crippen molar-refractivity contribution in [2.75, 3.05) is 0 Å². The summed E-state index contributed by atoms with van der Waals surface area (Å²) in [6.45, 7) is 0. The molecular weight excluding hydrogens is 307 g/mol. The van der Waals surface area contributed by atoms with Crippen LogP contribution >= 0.6 is 0 Å². The molecule has 1 heterocycles. The summed E-state index contributed by atoms with van der Waals surface area (Å²) in [5.74, 6) is -0.310. The Kier molecular flexibility index (Phi) is 4.70. The van der Waals surface area contributed by atoms with E-state index in [1.54, 1.807) is 42.5 Å². The fourth-order valence-electron chi connectivity index (χ4n) is 2.45. The van der Waals surface area contributed by atoms with Gasteiger partial charge in [-0.2, -0.15) is 0 Å². The Balaban J connectivity index is 1.97. The lowest BCUT2D eigenvalue weighted by atomic mass is 9.98. The van der Waals surface area contributed by atoms with Crippen molar-refractivity contribution in [3.63, 3.8) is 0 Å². The van der Waals surface area contributed by atoms with Gasteiger partial charge in [-0.05, 0) is 29.5 Å². The van der Waals surface area contributed by atoms with Crippen LogP contribution in [0, 0.1) is 0 Å². The van der Waals surface area contributed by atoms with Crippen LogP contribution in [0.3, 0.4) is 0 Å². The Bertz CT molecular complexity index is 814. The van der Waals surface area contributed by atoms with E-state index in [1.165, 1.54) is 12.3 Å². The minimum Gasteiger partial charge on any atom is -0.332 e. The van der Waals surface area contributed by atoms with Crippen LogP contribution in [0.2, 0.25) is 0 Å². The van der Waals surface area contributed by atoms with E-state index in [0.29, 0.717) is 5.56 Å². The van der Waals surface area contributed by atoms with Crippen molar-refractivity contribution < 1.29 is 13.4 Å². The number of carbonyl (C=O) groups excluding carboxylic acids is 1. The van der Waals surface area contributed by atoms with Gasteiger partial charge in [-0.15, -0.1) is 0 Å². The van der Waals surface area contributed by atoms with Gasteiger partial charge in [0.2, 0.25) is 0 Å². The van der Waals surface area contributed by atoms with Gasteiger partial charge in [0, 0.05) is 17.3 Å². The topological polar surface area (TPSA) is 20.3 Å². The smallest absolute Gasteiger partial charge is 0.332 e. The molecule has 2 aromatic rings. The third kappa shape index (κ3) is 3.51. The van der Waals surface area contributed by atoms with E-state index >= 15 is 0 Å². The molecule has 2 nitrogen and oxygen atoms in total. The van der Waals surface area contributed by atoms with Crippen molar-refractivity contribution in [3.05, 3.63) is 102 Å². The molecule has 0 N–H and O–H groups in total. The summed E-state index contributed by atoms with van der Waals surface area (Å²) < 4.78 is 26.5. The van der Waals surface area contributed by atoms with Crippen LogP contribution in [-0.4, -0.2) is 18.0 Å². The highest BCUT2D eigenvalue weighted by Crippen LogP contribution is 2.26. The van der Waals surface area contributed by atoms with Crippen LogP contribution < -0.4 is 0 Å². The highest BCUT2D eigenvalue weighted by molar-refractivity contribution is 6.40. The molecule has 0 unspecified atom stereocenters. The van der Waals surface area contributed by atoms with Crippen molar-refractivity contribution in [3.8, 4) is 0 Å². The lowest BCUT2D eigenvalue weighted by Crippen LogP contribution is -2.28. The normalized spacial score (nSPS) is 15.3. The van der Waals surface area contributed by atoms with Crippen molar-refractivity contribution in [1.29, 1.82) is 0 Å². The molecule has 118 valence electrons. The SMILES string of the molecule is O=C(/C=C1\C=C(c2ccccc2)C=CN1B(F)F)c1ccccc1. The van der Waals surface area contributed by atoms with Gasteiger partial charge < -0.3 is 4.81 Å². The van der Waals surface area contributed by atoms with Crippen LogP contribution in [-0.2, 0) is 0 Å². The molecule has 3 rings (SSSR count). The average Bonchev–Trinajstić information content (AvgIpc) is 2.63. The standard InChI is InChI=1S/C19H14BF2NO/c21-20(22)23-12-11-17(15-7-3-1-4-8-15)13-18(23)14-19(24)16-9-5-2-6-10-16/h1-14H/b18-14+. The fourth-order valence-corrected chi connectivity index (χ4v) is 2.45. The second kappa shape index (κ2) is 7.09. The monoisotopic (exact) mass is 321 g/mol. The maximum Gasteiger partial charge on any atom is 0.677 e. The van der Waals surface area contributed by atoms with E-state index in [0.717, 1.165) is 15.9 Å². The van der Waals surface area contributed by atoms with Crippen LogP contribution in [0.1, 0.15) is 15.9 Å². The molecule has 0 amide bonds. The zero-order valence-corrected chi connectivity index (χ0v) is 12.8. The van der Waals surface area contributed by atoms with Crippen LogP contribution in [0.5, 0.6) is 0 Å². The summed E-state index contributed by atoms with van der Waals surface area (Å²) >= 11 is 0. The Labute approximate surface area is 139 Å². The number of hydrogen-bond donors (Lipinski definition) is 0. The Morgan fingerprint density at radius 1 is 0.958 bits per heavy atom. The average molecular weight is 321 g/mol. The quantitative estimate of drug-likeness (QED) is 0.466. The van der Waals surface area contributed by atoms with Gasteiger partial charge in [-0.1, -0.05) is 60.7 Å². The molecule has 24 heavy (non-hydrogen) atoms. The molecule has 0 spiro atoms. The second-order valence-corrected chi connectivity index (χ2v) is 5.27. The number of rotatable bonds is 4. The molecule has 0 saturated carbocycles. The van der Waals surface area contributed by atoms with Gasteiger partial charge in [-0.3, -0.25) is 13.4 Å². The largest absolute Gasteiger partial charge is 0.677 e. The maximum atomic E-state index is 13.2. The van der Waals surface area contributed by atoms with Crippen LogP contribution in [0.25, 0.3) is 5.57 Å². The van der Waals surface area contributed by atoms with E-state index in [2.05, 4.69) is 0 Å². The Morgan fingerprint density at radius 3 is 2.21 bits per heavy atom. The Morgan fingerprint density at radius 2 is 1.58 bits per heavy atom. The first-order valence-corrected chi connectivity index (χ1v) is 7.48.